The Balaban J connectivity index is 1.62. The zero-order valence-corrected chi connectivity index (χ0v) is 13.8. The van der Waals surface area contributed by atoms with Crippen molar-refractivity contribution in [1.29, 1.82) is 0 Å². The van der Waals surface area contributed by atoms with Crippen molar-refractivity contribution < 1.29 is 9.21 Å². The molecule has 1 saturated heterocycles. The summed E-state index contributed by atoms with van der Waals surface area (Å²) in [6, 6.07) is 0. The van der Waals surface area contributed by atoms with E-state index in [9.17, 15) is 4.79 Å². The summed E-state index contributed by atoms with van der Waals surface area (Å²) in [6.07, 6.45) is 5.77. The van der Waals surface area contributed by atoms with Gasteiger partial charge in [0, 0.05) is 24.4 Å². The fourth-order valence-electron chi connectivity index (χ4n) is 4.20. The Labute approximate surface area is 131 Å². The van der Waals surface area contributed by atoms with Gasteiger partial charge in [-0.2, -0.15) is 0 Å². The molecule has 0 aromatic carbocycles. The van der Waals surface area contributed by atoms with Gasteiger partial charge in [-0.1, -0.05) is 27.2 Å². The first-order valence-corrected chi connectivity index (χ1v) is 8.53. The summed E-state index contributed by atoms with van der Waals surface area (Å²) in [5.41, 5.74) is -0.408. The molecular formula is C17H25N3O2. The van der Waals surface area contributed by atoms with Gasteiger partial charge < -0.3 is 9.32 Å². The second kappa shape index (κ2) is 4.56. The molecule has 0 bridgehead atoms. The van der Waals surface area contributed by atoms with Gasteiger partial charge in [-0.3, -0.25) is 4.79 Å². The summed E-state index contributed by atoms with van der Waals surface area (Å²) in [5, 5.41) is 8.67. The monoisotopic (exact) mass is 303 g/mol. The number of amides is 1. The van der Waals surface area contributed by atoms with E-state index in [1.807, 2.05) is 25.7 Å². The number of carbonyl (C=O) groups is 1. The minimum Gasteiger partial charge on any atom is -0.424 e. The van der Waals surface area contributed by atoms with Crippen molar-refractivity contribution in [2.45, 2.75) is 64.2 Å². The number of likely N-dealkylation sites (tertiary alicyclic amines) is 1. The van der Waals surface area contributed by atoms with Crippen LogP contribution in [-0.2, 0) is 10.2 Å². The van der Waals surface area contributed by atoms with Crippen LogP contribution in [0.25, 0.3) is 0 Å². The Bertz CT molecular complexity index is 599. The second-order valence-corrected chi connectivity index (χ2v) is 8.40. The first-order valence-electron chi connectivity index (χ1n) is 8.53. The van der Waals surface area contributed by atoms with Crippen molar-refractivity contribution in [3.8, 4) is 0 Å². The van der Waals surface area contributed by atoms with E-state index in [1.165, 1.54) is 19.3 Å². The van der Waals surface area contributed by atoms with Crippen LogP contribution in [0.5, 0.6) is 0 Å². The van der Waals surface area contributed by atoms with Crippen LogP contribution in [0.1, 0.15) is 70.6 Å². The zero-order valence-electron chi connectivity index (χ0n) is 13.8. The quantitative estimate of drug-likeness (QED) is 0.843. The molecule has 2 saturated carbocycles. The third-order valence-electron chi connectivity index (χ3n) is 5.59. The summed E-state index contributed by atoms with van der Waals surface area (Å²) < 4.78 is 6.05. The Hall–Kier alpha value is -1.39. The highest BCUT2D eigenvalue weighted by molar-refractivity contribution is 5.82. The molecule has 1 amide bonds. The lowest BCUT2D eigenvalue weighted by Gasteiger charge is -2.28. The van der Waals surface area contributed by atoms with E-state index in [2.05, 4.69) is 10.2 Å². The maximum atomic E-state index is 12.7. The van der Waals surface area contributed by atoms with Gasteiger partial charge in [-0.05, 0) is 31.6 Å². The molecule has 5 nitrogen and oxygen atoms in total. The Morgan fingerprint density at radius 1 is 1.27 bits per heavy atom. The highest BCUT2D eigenvalue weighted by atomic mass is 16.4. The number of hydrogen-bond donors (Lipinski definition) is 0. The van der Waals surface area contributed by atoms with Crippen LogP contribution in [0.4, 0.5) is 0 Å². The van der Waals surface area contributed by atoms with Crippen molar-refractivity contribution in [3.05, 3.63) is 11.8 Å². The fourth-order valence-corrected chi connectivity index (χ4v) is 4.20. The Kier molecular flexibility index (Phi) is 2.94. The summed E-state index contributed by atoms with van der Waals surface area (Å²) in [6.45, 7) is 7.58. The van der Waals surface area contributed by atoms with Crippen LogP contribution in [0.2, 0.25) is 0 Å². The van der Waals surface area contributed by atoms with Gasteiger partial charge in [0.15, 0.2) is 0 Å². The lowest BCUT2D eigenvalue weighted by molar-refractivity contribution is -0.138. The number of carbonyl (C=O) groups excluding carboxylic acids is 1. The van der Waals surface area contributed by atoms with Crippen LogP contribution < -0.4 is 0 Å². The highest BCUT2D eigenvalue weighted by Crippen LogP contribution is 2.51. The molecule has 0 unspecified atom stereocenters. The minimum absolute atomic E-state index is 0.0823. The van der Waals surface area contributed by atoms with Gasteiger partial charge in [-0.15, -0.1) is 10.2 Å². The first kappa shape index (κ1) is 14.2. The van der Waals surface area contributed by atoms with E-state index in [4.69, 9.17) is 4.42 Å². The molecule has 3 fully saturated rings. The molecular weight excluding hydrogens is 278 g/mol. The molecule has 0 N–H and O–H groups in total. The molecule has 2 aliphatic carbocycles. The topological polar surface area (TPSA) is 59.2 Å². The molecule has 3 aliphatic rings. The smallest absolute Gasteiger partial charge is 0.227 e. The Morgan fingerprint density at radius 3 is 2.73 bits per heavy atom. The molecule has 0 spiro atoms. The van der Waals surface area contributed by atoms with Gasteiger partial charge in [0.05, 0.1) is 5.41 Å². The third-order valence-corrected chi connectivity index (χ3v) is 5.59. The van der Waals surface area contributed by atoms with Gasteiger partial charge in [0.1, 0.15) is 0 Å². The first-order chi connectivity index (χ1) is 10.4. The van der Waals surface area contributed by atoms with E-state index in [0.717, 1.165) is 37.7 Å². The average molecular weight is 303 g/mol. The highest BCUT2D eigenvalue weighted by Gasteiger charge is 2.56. The van der Waals surface area contributed by atoms with E-state index in [0.29, 0.717) is 11.8 Å². The van der Waals surface area contributed by atoms with Crippen LogP contribution in [-0.4, -0.2) is 34.1 Å². The molecule has 1 aromatic rings. The summed E-state index contributed by atoms with van der Waals surface area (Å²) in [4.78, 5) is 14.7. The van der Waals surface area contributed by atoms with E-state index < -0.39 is 0 Å². The summed E-state index contributed by atoms with van der Waals surface area (Å²) in [5.74, 6) is 2.82. The van der Waals surface area contributed by atoms with Crippen LogP contribution in [0.15, 0.2) is 4.42 Å². The zero-order chi connectivity index (χ0) is 15.5. The number of aromatic nitrogens is 2. The minimum atomic E-state index is -0.326. The van der Waals surface area contributed by atoms with Crippen molar-refractivity contribution in [2.24, 2.45) is 11.3 Å². The van der Waals surface area contributed by atoms with Crippen molar-refractivity contribution >= 4 is 5.91 Å². The third kappa shape index (κ3) is 2.09. The second-order valence-electron chi connectivity index (χ2n) is 8.40. The summed E-state index contributed by atoms with van der Waals surface area (Å²) in [7, 11) is 0. The molecule has 0 radical (unpaired) electrons. The maximum Gasteiger partial charge on any atom is 0.227 e. The standard InChI is InChI=1S/C17H25N3O2/c1-16(2,3)15(21)20-9-12-5-4-8-17(12,10-20)14-19-18-13(22-14)11-6-7-11/h11-12H,4-10H2,1-3H3/t12-,17-/m0/s1. The molecule has 2 atom stereocenters. The fraction of sp³-hybridized carbons (Fsp3) is 0.824. The average Bonchev–Trinajstić information content (AvgIpc) is 2.90. The van der Waals surface area contributed by atoms with E-state index >= 15 is 0 Å². The van der Waals surface area contributed by atoms with Gasteiger partial charge in [0.25, 0.3) is 0 Å². The molecule has 2 heterocycles. The summed E-state index contributed by atoms with van der Waals surface area (Å²) >= 11 is 0. The number of rotatable bonds is 2. The van der Waals surface area contributed by atoms with Gasteiger partial charge in [-0.25, -0.2) is 0 Å². The maximum absolute atomic E-state index is 12.7. The van der Waals surface area contributed by atoms with Crippen LogP contribution >= 0.6 is 0 Å². The molecule has 5 heteroatoms. The Morgan fingerprint density at radius 2 is 2.05 bits per heavy atom. The van der Waals surface area contributed by atoms with Crippen molar-refractivity contribution in [3.63, 3.8) is 0 Å². The molecule has 120 valence electrons. The SMILES string of the molecule is CC(C)(C)C(=O)N1C[C@@H]2CCC[C@]2(c2nnc(C3CC3)o2)C1. The largest absolute Gasteiger partial charge is 0.424 e. The van der Waals surface area contributed by atoms with Crippen LogP contribution in [0, 0.1) is 11.3 Å². The lowest BCUT2D eigenvalue weighted by atomic mass is 9.80. The lowest BCUT2D eigenvalue weighted by Crippen LogP contribution is -2.40. The van der Waals surface area contributed by atoms with Crippen molar-refractivity contribution in [2.75, 3.05) is 13.1 Å². The molecule has 1 aliphatic heterocycles. The van der Waals surface area contributed by atoms with E-state index in [1.54, 1.807) is 0 Å². The number of nitrogens with zero attached hydrogens (tertiary/aromatic N) is 3. The molecule has 4 rings (SSSR count). The molecule has 1 aromatic heterocycles. The predicted octanol–water partition coefficient (Wildman–Crippen LogP) is 2.87. The van der Waals surface area contributed by atoms with Gasteiger partial charge in [0.2, 0.25) is 17.7 Å². The van der Waals surface area contributed by atoms with Crippen molar-refractivity contribution in [1.82, 2.24) is 15.1 Å². The normalized spacial score (nSPS) is 31.6. The predicted molar refractivity (Wildman–Crippen MR) is 81.3 cm³/mol. The number of fused-ring (bicyclic) bond motifs is 1. The van der Waals surface area contributed by atoms with E-state index in [-0.39, 0.29) is 16.7 Å². The number of hydrogen-bond acceptors (Lipinski definition) is 4. The molecule has 22 heavy (non-hydrogen) atoms. The van der Waals surface area contributed by atoms with Gasteiger partial charge >= 0.3 is 0 Å². The van der Waals surface area contributed by atoms with Crippen LogP contribution in [0.3, 0.4) is 0 Å².